The van der Waals surface area contributed by atoms with Crippen LogP contribution in [0, 0.1) is 5.41 Å². The van der Waals surface area contributed by atoms with Gasteiger partial charge in [-0.1, -0.05) is 36.8 Å². The zero-order chi connectivity index (χ0) is 9.65. The summed E-state index contributed by atoms with van der Waals surface area (Å²) in [4.78, 5) is 0. The average Bonchev–Trinajstić information content (AvgIpc) is 2.11. The van der Waals surface area contributed by atoms with Crippen LogP contribution in [0.15, 0.2) is 30.3 Å². The third kappa shape index (κ3) is 1.05. The predicted molar refractivity (Wildman–Crippen MR) is 57.8 cm³/mol. The second-order valence-corrected chi connectivity index (χ2v) is 5.23. The van der Waals surface area contributed by atoms with Crippen LogP contribution in [-0.4, -0.2) is 0 Å². The fourth-order valence-corrected chi connectivity index (χ4v) is 3.29. The maximum Gasteiger partial charge on any atom is 0.0420 e. The Morgan fingerprint density at radius 1 is 1.00 bits per heavy atom. The summed E-state index contributed by atoms with van der Waals surface area (Å²) < 4.78 is 0. The Balaban J connectivity index is 1.81. The minimum absolute atomic E-state index is 0.00167. The first kappa shape index (κ1) is 8.49. The van der Waals surface area contributed by atoms with Crippen LogP contribution >= 0.6 is 0 Å². The van der Waals surface area contributed by atoms with Crippen LogP contribution in [0.25, 0.3) is 0 Å². The van der Waals surface area contributed by atoms with Crippen molar-refractivity contribution in [2.75, 3.05) is 0 Å². The summed E-state index contributed by atoms with van der Waals surface area (Å²) in [6.07, 6.45) is 6.68. The van der Waals surface area contributed by atoms with E-state index >= 15 is 0 Å². The summed E-state index contributed by atoms with van der Waals surface area (Å²) in [5.41, 5.74) is 8.40. The lowest BCUT2D eigenvalue weighted by molar-refractivity contribution is -0.0462. The molecule has 0 aliphatic heterocycles. The van der Waals surface area contributed by atoms with Crippen molar-refractivity contribution in [3.8, 4) is 0 Å². The van der Waals surface area contributed by atoms with Gasteiger partial charge in [0.2, 0.25) is 0 Å². The van der Waals surface area contributed by atoms with Crippen molar-refractivity contribution < 1.29 is 0 Å². The number of rotatable bonds is 1. The van der Waals surface area contributed by atoms with Gasteiger partial charge in [0, 0.05) is 5.54 Å². The van der Waals surface area contributed by atoms with Crippen LogP contribution in [0.2, 0.25) is 0 Å². The van der Waals surface area contributed by atoms with Crippen LogP contribution in [0.3, 0.4) is 0 Å². The molecule has 1 aromatic carbocycles. The Morgan fingerprint density at radius 3 is 2.14 bits per heavy atom. The largest absolute Gasteiger partial charge is 0.321 e. The second kappa shape index (κ2) is 2.60. The Bertz CT molecular complexity index is 330. The summed E-state index contributed by atoms with van der Waals surface area (Å²) in [5, 5.41) is 0. The molecule has 0 aromatic heterocycles. The molecule has 0 unspecified atom stereocenters. The first-order valence-corrected chi connectivity index (χ1v) is 5.57. The third-order valence-electron chi connectivity index (χ3n) is 4.14. The molecular weight excluding hydrogens is 170 g/mol. The van der Waals surface area contributed by atoms with E-state index in [9.17, 15) is 0 Å². The standard InChI is InChI=1S/C13H17N/c14-13(11-5-2-1-3-6-11)9-12(10-13)7-4-8-12/h1-3,5-6H,4,7-10,14H2. The summed E-state index contributed by atoms with van der Waals surface area (Å²) >= 11 is 0. The lowest BCUT2D eigenvalue weighted by atomic mass is 9.47. The van der Waals surface area contributed by atoms with Crippen molar-refractivity contribution in [3.63, 3.8) is 0 Å². The van der Waals surface area contributed by atoms with Crippen molar-refractivity contribution in [1.82, 2.24) is 0 Å². The van der Waals surface area contributed by atoms with Gasteiger partial charge in [-0.25, -0.2) is 0 Å². The molecular formula is C13H17N. The molecule has 2 aliphatic carbocycles. The molecule has 14 heavy (non-hydrogen) atoms. The lowest BCUT2D eigenvalue weighted by Gasteiger charge is -2.60. The van der Waals surface area contributed by atoms with Gasteiger partial charge >= 0.3 is 0 Å². The molecule has 1 heteroatoms. The molecule has 3 rings (SSSR count). The monoisotopic (exact) mass is 187 g/mol. The molecule has 2 saturated carbocycles. The highest BCUT2D eigenvalue weighted by atomic mass is 14.8. The normalized spacial score (nSPS) is 26.6. The van der Waals surface area contributed by atoms with Crippen molar-refractivity contribution in [2.45, 2.75) is 37.6 Å². The van der Waals surface area contributed by atoms with E-state index in [1.54, 1.807) is 0 Å². The summed E-state index contributed by atoms with van der Waals surface area (Å²) in [6, 6.07) is 10.6. The number of benzene rings is 1. The Kier molecular flexibility index (Phi) is 1.58. The van der Waals surface area contributed by atoms with Gasteiger partial charge in [0.15, 0.2) is 0 Å². The van der Waals surface area contributed by atoms with Gasteiger partial charge in [-0.05, 0) is 36.7 Å². The second-order valence-electron chi connectivity index (χ2n) is 5.23. The molecule has 0 bridgehead atoms. The molecule has 2 aliphatic rings. The predicted octanol–water partition coefficient (Wildman–Crippen LogP) is 2.80. The van der Waals surface area contributed by atoms with E-state index in [1.807, 2.05) is 0 Å². The Morgan fingerprint density at radius 2 is 1.64 bits per heavy atom. The molecule has 1 nitrogen and oxygen atoms in total. The SMILES string of the molecule is NC1(c2ccccc2)CC2(CCC2)C1. The lowest BCUT2D eigenvalue weighted by Crippen LogP contribution is -2.58. The Labute approximate surface area is 85.3 Å². The molecule has 0 saturated heterocycles. The quantitative estimate of drug-likeness (QED) is 0.718. The molecule has 1 aromatic rings. The third-order valence-corrected chi connectivity index (χ3v) is 4.14. The maximum absolute atomic E-state index is 6.41. The average molecular weight is 187 g/mol. The van der Waals surface area contributed by atoms with Gasteiger partial charge in [0.25, 0.3) is 0 Å². The topological polar surface area (TPSA) is 26.0 Å². The molecule has 2 N–H and O–H groups in total. The zero-order valence-electron chi connectivity index (χ0n) is 8.50. The smallest absolute Gasteiger partial charge is 0.0420 e. The summed E-state index contributed by atoms with van der Waals surface area (Å²) in [7, 11) is 0. The first-order valence-electron chi connectivity index (χ1n) is 5.57. The van der Waals surface area contributed by atoms with E-state index in [0.29, 0.717) is 5.41 Å². The van der Waals surface area contributed by atoms with Gasteiger partial charge in [0.1, 0.15) is 0 Å². The molecule has 2 fully saturated rings. The van der Waals surface area contributed by atoms with Crippen LogP contribution in [0.1, 0.15) is 37.7 Å². The van der Waals surface area contributed by atoms with Crippen LogP contribution < -0.4 is 5.73 Å². The van der Waals surface area contributed by atoms with E-state index in [0.717, 1.165) is 0 Å². The molecule has 74 valence electrons. The molecule has 0 heterocycles. The fourth-order valence-electron chi connectivity index (χ4n) is 3.29. The van der Waals surface area contributed by atoms with Crippen molar-refractivity contribution in [3.05, 3.63) is 35.9 Å². The number of hydrogen-bond donors (Lipinski definition) is 1. The van der Waals surface area contributed by atoms with E-state index in [2.05, 4.69) is 30.3 Å². The van der Waals surface area contributed by atoms with Gasteiger partial charge in [-0.15, -0.1) is 0 Å². The van der Waals surface area contributed by atoms with Gasteiger partial charge in [-0.3, -0.25) is 0 Å². The highest BCUT2D eigenvalue weighted by Gasteiger charge is 2.55. The van der Waals surface area contributed by atoms with Crippen LogP contribution in [-0.2, 0) is 5.54 Å². The van der Waals surface area contributed by atoms with E-state index in [1.165, 1.54) is 37.7 Å². The minimum Gasteiger partial charge on any atom is -0.321 e. The van der Waals surface area contributed by atoms with Gasteiger partial charge in [-0.2, -0.15) is 0 Å². The van der Waals surface area contributed by atoms with Crippen molar-refractivity contribution >= 4 is 0 Å². The van der Waals surface area contributed by atoms with Gasteiger partial charge in [0.05, 0.1) is 0 Å². The van der Waals surface area contributed by atoms with Crippen LogP contribution in [0.5, 0.6) is 0 Å². The van der Waals surface area contributed by atoms with E-state index < -0.39 is 0 Å². The zero-order valence-corrected chi connectivity index (χ0v) is 8.50. The maximum atomic E-state index is 6.41. The van der Waals surface area contributed by atoms with Gasteiger partial charge < -0.3 is 5.73 Å². The number of hydrogen-bond acceptors (Lipinski definition) is 1. The minimum atomic E-state index is 0.00167. The Hall–Kier alpha value is -0.820. The molecule has 0 radical (unpaired) electrons. The van der Waals surface area contributed by atoms with Crippen molar-refractivity contribution in [2.24, 2.45) is 11.1 Å². The summed E-state index contributed by atoms with van der Waals surface area (Å²) in [6.45, 7) is 0. The highest BCUT2D eigenvalue weighted by Crippen LogP contribution is 2.62. The first-order chi connectivity index (χ1) is 6.73. The highest BCUT2D eigenvalue weighted by molar-refractivity contribution is 5.29. The molecule has 1 spiro atoms. The van der Waals surface area contributed by atoms with Crippen LogP contribution in [0.4, 0.5) is 0 Å². The fraction of sp³-hybridized carbons (Fsp3) is 0.538. The summed E-state index contributed by atoms with van der Waals surface area (Å²) in [5.74, 6) is 0. The molecule has 0 atom stereocenters. The number of nitrogens with two attached hydrogens (primary N) is 1. The van der Waals surface area contributed by atoms with Crippen molar-refractivity contribution in [1.29, 1.82) is 0 Å². The molecule has 0 amide bonds. The van der Waals surface area contributed by atoms with E-state index in [-0.39, 0.29) is 5.54 Å². The van der Waals surface area contributed by atoms with E-state index in [4.69, 9.17) is 5.73 Å².